The topological polar surface area (TPSA) is 78.9 Å². The van der Waals surface area contributed by atoms with Crippen LogP contribution in [0.5, 0.6) is 0 Å². The summed E-state index contributed by atoms with van der Waals surface area (Å²) < 4.78 is 16.7. The van der Waals surface area contributed by atoms with E-state index in [1.807, 2.05) is 6.08 Å². The first kappa shape index (κ1) is 61.3. The van der Waals surface area contributed by atoms with Crippen molar-refractivity contribution in [2.75, 3.05) is 13.2 Å². The van der Waals surface area contributed by atoms with Crippen molar-refractivity contribution in [2.45, 2.75) is 245 Å². The molecule has 0 saturated carbocycles. The highest BCUT2D eigenvalue weighted by Gasteiger charge is 2.19. The normalized spacial score (nSPS) is 12.8. The Morgan fingerprint density at radius 1 is 0.323 bits per heavy atom. The molecule has 6 nitrogen and oxygen atoms in total. The van der Waals surface area contributed by atoms with Crippen molar-refractivity contribution >= 4 is 17.9 Å². The van der Waals surface area contributed by atoms with Gasteiger partial charge in [0.05, 0.1) is 0 Å². The van der Waals surface area contributed by atoms with Gasteiger partial charge >= 0.3 is 17.9 Å². The molecule has 0 bridgehead atoms. The Hall–Kier alpha value is -3.67. The second-order valence-corrected chi connectivity index (χ2v) is 17.4. The van der Waals surface area contributed by atoms with Crippen LogP contribution >= 0.6 is 0 Å². The fraction of sp³-hybridized carbons (Fsp3) is 0.678. The van der Waals surface area contributed by atoms with Gasteiger partial charge in [0.1, 0.15) is 13.2 Å². The molecular weight excluding hydrogens is 805 g/mol. The summed E-state index contributed by atoms with van der Waals surface area (Å²) in [6.45, 7) is 6.42. The molecule has 1 atom stereocenters. The van der Waals surface area contributed by atoms with E-state index in [1.165, 1.54) is 89.9 Å². The maximum Gasteiger partial charge on any atom is 0.306 e. The molecule has 0 amide bonds. The Balaban J connectivity index is 4.52. The van der Waals surface area contributed by atoms with Gasteiger partial charge in [0, 0.05) is 19.3 Å². The summed E-state index contributed by atoms with van der Waals surface area (Å²) >= 11 is 0. The fourth-order valence-corrected chi connectivity index (χ4v) is 7.04. The minimum absolute atomic E-state index is 0.109. The number of hydrogen-bond acceptors (Lipinski definition) is 6. The first-order valence-corrected chi connectivity index (χ1v) is 26.7. The van der Waals surface area contributed by atoms with Gasteiger partial charge in [0.25, 0.3) is 0 Å². The van der Waals surface area contributed by atoms with E-state index < -0.39 is 6.10 Å². The van der Waals surface area contributed by atoms with Crippen LogP contribution in [0, 0.1) is 0 Å². The van der Waals surface area contributed by atoms with Crippen LogP contribution in [0.1, 0.15) is 239 Å². The number of ether oxygens (including phenoxy) is 3. The second-order valence-electron chi connectivity index (χ2n) is 17.4. The molecule has 6 heteroatoms. The number of carbonyl (C=O) groups is 3. The number of hydrogen-bond donors (Lipinski definition) is 0. The lowest BCUT2D eigenvalue weighted by Crippen LogP contribution is -2.30. The molecule has 0 rings (SSSR count). The summed E-state index contributed by atoms with van der Waals surface area (Å²) in [6, 6.07) is 0. The van der Waals surface area contributed by atoms with Crippen molar-refractivity contribution < 1.29 is 28.6 Å². The predicted octanol–water partition coefficient (Wildman–Crippen LogP) is 17.8. The van der Waals surface area contributed by atoms with Crippen LogP contribution in [-0.2, 0) is 28.6 Å². The Bertz CT molecular complexity index is 1310. The number of unbranched alkanes of at least 4 members (excludes halogenated alkanes) is 20. The van der Waals surface area contributed by atoms with E-state index >= 15 is 0 Å². The largest absolute Gasteiger partial charge is 0.462 e. The molecule has 0 fully saturated rings. The molecule has 0 aromatic rings. The summed E-state index contributed by atoms with van der Waals surface area (Å²) in [6.07, 6.45) is 69.7. The monoisotopic (exact) mass is 903 g/mol. The molecule has 0 radical (unpaired) electrons. The van der Waals surface area contributed by atoms with E-state index in [-0.39, 0.29) is 37.5 Å². The van der Waals surface area contributed by atoms with Crippen molar-refractivity contribution in [3.8, 4) is 0 Å². The Morgan fingerprint density at radius 3 is 1.05 bits per heavy atom. The second kappa shape index (κ2) is 52.9. The summed E-state index contributed by atoms with van der Waals surface area (Å²) in [5.74, 6) is -1.01. The lowest BCUT2D eigenvalue weighted by atomic mass is 10.1. The van der Waals surface area contributed by atoms with E-state index in [2.05, 4.69) is 112 Å². The third-order valence-corrected chi connectivity index (χ3v) is 11.1. The zero-order chi connectivity index (χ0) is 47.2. The molecule has 0 spiro atoms. The Labute approximate surface area is 400 Å². The highest BCUT2D eigenvalue weighted by molar-refractivity contribution is 5.71. The average Bonchev–Trinajstić information content (AvgIpc) is 3.30. The van der Waals surface area contributed by atoms with Crippen molar-refractivity contribution in [2.24, 2.45) is 0 Å². The predicted molar refractivity (Wildman–Crippen MR) is 279 cm³/mol. The minimum atomic E-state index is -0.816. The summed E-state index contributed by atoms with van der Waals surface area (Å²) in [5, 5.41) is 0. The minimum Gasteiger partial charge on any atom is -0.462 e. The lowest BCUT2D eigenvalue weighted by Gasteiger charge is -2.18. The number of esters is 3. The number of rotatable bonds is 47. The Morgan fingerprint density at radius 2 is 0.631 bits per heavy atom. The van der Waals surface area contributed by atoms with E-state index in [1.54, 1.807) is 0 Å². The molecule has 370 valence electrons. The van der Waals surface area contributed by atoms with Crippen LogP contribution in [0.3, 0.4) is 0 Å². The van der Waals surface area contributed by atoms with Gasteiger partial charge in [-0.1, -0.05) is 208 Å². The van der Waals surface area contributed by atoms with Gasteiger partial charge < -0.3 is 14.2 Å². The third-order valence-electron chi connectivity index (χ3n) is 11.1. The van der Waals surface area contributed by atoms with Crippen LogP contribution in [0.25, 0.3) is 0 Å². The van der Waals surface area contributed by atoms with Crippen molar-refractivity contribution in [3.05, 3.63) is 97.2 Å². The molecule has 0 aliphatic carbocycles. The van der Waals surface area contributed by atoms with E-state index in [9.17, 15) is 14.4 Å². The highest BCUT2D eigenvalue weighted by Crippen LogP contribution is 2.13. The van der Waals surface area contributed by atoms with Gasteiger partial charge in [-0.3, -0.25) is 14.4 Å². The maximum absolute atomic E-state index is 12.8. The lowest BCUT2D eigenvalue weighted by molar-refractivity contribution is -0.166. The first-order valence-electron chi connectivity index (χ1n) is 26.7. The third kappa shape index (κ3) is 51.2. The van der Waals surface area contributed by atoms with Crippen molar-refractivity contribution in [3.63, 3.8) is 0 Å². The van der Waals surface area contributed by atoms with Gasteiger partial charge in [-0.05, 0) is 109 Å². The quantitative estimate of drug-likeness (QED) is 0.0262. The molecule has 0 aliphatic heterocycles. The van der Waals surface area contributed by atoms with Crippen LogP contribution < -0.4 is 0 Å². The molecule has 0 saturated heterocycles. The van der Waals surface area contributed by atoms with Gasteiger partial charge in [0.15, 0.2) is 6.10 Å². The molecule has 0 aromatic heterocycles. The van der Waals surface area contributed by atoms with Gasteiger partial charge in [-0.25, -0.2) is 0 Å². The molecule has 1 unspecified atom stereocenters. The smallest absolute Gasteiger partial charge is 0.306 e. The molecule has 0 heterocycles. The number of carbonyl (C=O) groups excluding carboxylic acids is 3. The molecular formula is C59H98O6. The van der Waals surface area contributed by atoms with Crippen LogP contribution in [-0.4, -0.2) is 37.2 Å². The van der Waals surface area contributed by atoms with E-state index in [0.717, 1.165) is 103 Å². The fourth-order valence-electron chi connectivity index (χ4n) is 7.04. The maximum atomic E-state index is 12.8. The molecule has 0 aliphatic rings. The highest BCUT2D eigenvalue weighted by atomic mass is 16.6. The summed E-state index contributed by atoms with van der Waals surface area (Å²) in [7, 11) is 0. The van der Waals surface area contributed by atoms with E-state index in [4.69, 9.17) is 14.2 Å². The zero-order valence-electron chi connectivity index (χ0n) is 42.2. The SMILES string of the molecule is CC/C=C\C/C=C\C/C=C\C/C=C\C/C=C\C/C=C\CCC(=O)OCC(COC(=O)CCCCCCC/C=C\CCCCCC)OC(=O)CCCCCCC/C=C\CCCCCCCC. The summed E-state index contributed by atoms with van der Waals surface area (Å²) in [4.78, 5) is 38.0. The average molecular weight is 903 g/mol. The van der Waals surface area contributed by atoms with Gasteiger partial charge in [-0.15, -0.1) is 0 Å². The first-order chi connectivity index (χ1) is 32.0. The van der Waals surface area contributed by atoms with Crippen molar-refractivity contribution in [1.82, 2.24) is 0 Å². The zero-order valence-corrected chi connectivity index (χ0v) is 42.2. The van der Waals surface area contributed by atoms with Crippen LogP contribution in [0.15, 0.2) is 97.2 Å². The van der Waals surface area contributed by atoms with Gasteiger partial charge in [0.2, 0.25) is 0 Å². The van der Waals surface area contributed by atoms with Gasteiger partial charge in [-0.2, -0.15) is 0 Å². The molecule has 65 heavy (non-hydrogen) atoms. The number of allylic oxidation sites excluding steroid dienone is 16. The van der Waals surface area contributed by atoms with E-state index in [0.29, 0.717) is 19.3 Å². The standard InChI is InChI=1S/C59H98O6/c1-4-7-10-13-16-19-22-25-27-28-29-30-32-34-37-40-43-46-49-52-58(61)64-55-56(54-63-57(60)51-48-45-42-39-36-33-24-21-18-15-12-9-6-3)65-59(62)53-50-47-44-41-38-35-31-26-23-20-17-14-11-8-5-2/h7,10,16,19,21,24-27,29-31,34,37,43,46,56H,4-6,8-9,11-15,17-18,20,22-23,28,32-33,35-36,38-42,44-45,47-55H2,1-3H3/b10-7-,19-16-,24-21-,27-25-,30-29-,31-26-,37-34-,46-43-. The molecule has 0 N–H and O–H groups in total. The van der Waals surface area contributed by atoms with Crippen LogP contribution in [0.2, 0.25) is 0 Å². The Kier molecular flexibility index (Phi) is 50.0. The summed E-state index contributed by atoms with van der Waals surface area (Å²) in [5.41, 5.74) is 0. The molecule has 0 aromatic carbocycles. The van der Waals surface area contributed by atoms with Crippen molar-refractivity contribution in [1.29, 1.82) is 0 Å². The van der Waals surface area contributed by atoms with Crippen LogP contribution in [0.4, 0.5) is 0 Å².